The Kier molecular flexibility index (Phi) is 6.45. The molecule has 2 N–H and O–H groups in total. The Bertz CT molecular complexity index is 1090. The zero-order valence-electron chi connectivity index (χ0n) is 15.2. The van der Waals surface area contributed by atoms with E-state index in [2.05, 4.69) is 24.5 Å². The van der Waals surface area contributed by atoms with Crippen molar-refractivity contribution in [2.75, 3.05) is 12.4 Å². The minimum Gasteiger partial charge on any atom is -0.495 e. The molecule has 0 spiro atoms. The zero-order chi connectivity index (χ0) is 21.3. The molecule has 28 heavy (non-hydrogen) atoms. The molecule has 1 heterocycles. The summed E-state index contributed by atoms with van der Waals surface area (Å²) in [7, 11) is -7.91. The van der Waals surface area contributed by atoms with E-state index in [9.17, 15) is 16.8 Å². The van der Waals surface area contributed by atoms with Crippen molar-refractivity contribution in [3.8, 4) is 5.75 Å². The summed E-state index contributed by atoms with van der Waals surface area (Å²) in [5, 5.41) is 2.83. The lowest BCUT2D eigenvalue weighted by molar-refractivity contribution is 0.251. The molecule has 1 unspecified atom stereocenters. The van der Waals surface area contributed by atoms with Crippen molar-refractivity contribution < 1.29 is 30.3 Å². The number of methoxy groups -OCH3 is 1. The number of rotatable bonds is 7. The van der Waals surface area contributed by atoms with E-state index in [4.69, 9.17) is 20.9 Å². The fraction of sp³-hybridized carbons (Fsp3) is 0.357. The Hall–Kier alpha value is -2.06. The lowest BCUT2D eigenvalue weighted by Gasteiger charge is -2.17. The molecule has 0 amide bonds. The third-order valence-electron chi connectivity index (χ3n) is 3.46. The van der Waals surface area contributed by atoms with E-state index < -0.39 is 25.7 Å². The molecule has 0 aliphatic rings. The third-order valence-corrected chi connectivity index (χ3v) is 6.31. The van der Waals surface area contributed by atoms with Crippen LogP contribution in [0.4, 0.5) is 11.6 Å². The van der Waals surface area contributed by atoms with Crippen LogP contribution in [0.25, 0.3) is 0 Å². The summed E-state index contributed by atoms with van der Waals surface area (Å²) in [4.78, 5) is 11.6. The van der Waals surface area contributed by atoms with Crippen LogP contribution in [0, 0.1) is 13.8 Å². The SMILES string of the molecule is COc1cc(S(=O)(=O)C(C)OS(=O)(=O)O)c(C)cc1Nc1nc(C)nc(Cl)n1. The predicted octanol–water partition coefficient (Wildman–Crippen LogP) is 1.83. The molecular formula is C14H17ClN4O7S2. The lowest BCUT2D eigenvalue weighted by Crippen LogP contribution is -2.25. The van der Waals surface area contributed by atoms with E-state index in [0.717, 1.165) is 6.92 Å². The van der Waals surface area contributed by atoms with Crippen molar-refractivity contribution in [1.82, 2.24) is 15.0 Å². The summed E-state index contributed by atoms with van der Waals surface area (Å²) < 4.78 is 65.1. The van der Waals surface area contributed by atoms with Crippen LogP contribution in [0.2, 0.25) is 5.28 Å². The molecule has 11 nitrogen and oxygen atoms in total. The van der Waals surface area contributed by atoms with Gasteiger partial charge in [0.05, 0.1) is 17.7 Å². The maximum absolute atomic E-state index is 12.6. The zero-order valence-corrected chi connectivity index (χ0v) is 17.6. The van der Waals surface area contributed by atoms with Crippen LogP contribution in [0.15, 0.2) is 17.0 Å². The van der Waals surface area contributed by atoms with Gasteiger partial charge in [-0.25, -0.2) is 17.6 Å². The predicted molar refractivity (Wildman–Crippen MR) is 99.9 cm³/mol. The van der Waals surface area contributed by atoms with Gasteiger partial charge in [-0.15, -0.1) is 0 Å². The average molecular weight is 453 g/mol. The molecule has 0 fully saturated rings. The second-order valence-electron chi connectivity index (χ2n) is 5.55. The van der Waals surface area contributed by atoms with Crippen LogP contribution in [0.5, 0.6) is 5.75 Å². The number of hydrogen-bond acceptors (Lipinski definition) is 10. The lowest BCUT2D eigenvalue weighted by atomic mass is 10.2. The Labute approximate surface area is 167 Å². The molecule has 0 saturated heterocycles. The van der Waals surface area contributed by atoms with Crippen LogP contribution >= 0.6 is 11.6 Å². The van der Waals surface area contributed by atoms with Gasteiger partial charge in [0.15, 0.2) is 5.44 Å². The number of sulfone groups is 1. The summed E-state index contributed by atoms with van der Waals surface area (Å²) in [5.41, 5.74) is -1.26. The number of ether oxygens (including phenoxy) is 1. The number of aromatic nitrogens is 3. The summed E-state index contributed by atoms with van der Waals surface area (Å²) in [6.07, 6.45) is 0. The molecule has 0 radical (unpaired) electrons. The number of halogens is 1. The van der Waals surface area contributed by atoms with Gasteiger partial charge in [0.1, 0.15) is 11.6 Å². The molecule has 0 aliphatic carbocycles. The van der Waals surface area contributed by atoms with Crippen LogP contribution in [0.3, 0.4) is 0 Å². The fourth-order valence-corrected chi connectivity index (χ4v) is 4.66. The van der Waals surface area contributed by atoms with Crippen molar-refractivity contribution >= 4 is 43.5 Å². The summed E-state index contributed by atoms with van der Waals surface area (Å²) in [6, 6.07) is 2.63. The highest BCUT2D eigenvalue weighted by Gasteiger charge is 2.31. The van der Waals surface area contributed by atoms with Crippen molar-refractivity contribution in [2.24, 2.45) is 0 Å². The van der Waals surface area contributed by atoms with E-state index >= 15 is 0 Å². The third kappa shape index (κ3) is 5.26. The van der Waals surface area contributed by atoms with Gasteiger partial charge in [-0.2, -0.15) is 18.4 Å². The first kappa shape index (κ1) is 22.2. The maximum atomic E-state index is 12.6. The fourth-order valence-electron chi connectivity index (χ4n) is 2.27. The van der Waals surface area contributed by atoms with Crippen LogP contribution in [0.1, 0.15) is 18.3 Å². The first-order chi connectivity index (χ1) is 12.8. The average Bonchev–Trinajstić information content (AvgIpc) is 2.52. The molecule has 1 atom stereocenters. The Balaban J connectivity index is 2.48. The van der Waals surface area contributed by atoms with Crippen LogP contribution < -0.4 is 10.1 Å². The molecule has 0 aliphatic heterocycles. The van der Waals surface area contributed by atoms with Gasteiger partial charge in [-0.3, -0.25) is 4.55 Å². The number of nitrogens with zero attached hydrogens (tertiary/aromatic N) is 3. The smallest absolute Gasteiger partial charge is 0.398 e. The van der Waals surface area contributed by atoms with E-state index in [-0.39, 0.29) is 27.4 Å². The monoisotopic (exact) mass is 452 g/mol. The molecule has 14 heteroatoms. The molecule has 1 aromatic heterocycles. The Morgan fingerprint density at radius 1 is 1.14 bits per heavy atom. The van der Waals surface area contributed by atoms with Crippen molar-refractivity contribution in [3.05, 3.63) is 28.8 Å². The van der Waals surface area contributed by atoms with Crippen molar-refractivity contribution in [1.29, 1.82) is 0 Å². The first-order valence-corrected chi connectivity index (χ1v) is 10.9. The van der Waals surface area contributed by atoms with Crippen LogP contribution in [-0.2, 0) is 24.4 Å². The molecular weight excluding hydrogens is 436 g/mol. The highest BCUT2D eigenvalue weighted by molar-refractivity contribution is 7.92. The molecule has 154 valence electrons. The van der Waals surface area contributed by atoms with Crippen LogP contribution in [-0.4, -0.2) is 48.9 Å². The minimum absolute atomic E-state index is 0.0268. The number of benzene rings is 1. The minimum atomic E-state index is -4.96. The summed E-state index contributed by atoms with van der Waals surface area (Å²) >= 11 is 5.80. The maximum Gasteiger partial charge on any atom is 0.398 e. The topological polar surface area (TPSA) is 158 Å². The second kappa shape index (κ2) is 8.13. The molecule has 2 aromatic rings. The highest BCUT2D eigenvalue weighted by Crippen LogP contribution is 2.34. The summed E-state index contributed by atoms with van der Waals surface area (Å²) in [6.45, 7) is 4.09. The van der Waals surface area contributed by atoms with Gasteiger partial charge in [-0.05, 0) is 44.0 Å². The van der Waals surface area contributed by atoms with E-state index in [1.807, 2.05) is 0 Å². The van der Waals surface area contributed by atoms with Gasteiger partial charge in [0, 0.05) is 6.07 Å². The van der Waals surface area contributed by atoms with Gasteiger partial charge in [0.2, 0.25) is 21.1 Å². The number of aryl methyl sites for hydroxylation is 2. The molecule has 0 saturated carbocycles. The standard InChI is InChI=1S/C14H17ClN4O7S2/c1-7-5-10(18-14-17-8(2)16-13(15)19-14)11(25-4)6-12(7)27(20,21)9(3)26-28(22,23)24/h5-6,9H,1-4H3,(H,22,23,24)(H,16,17,18,19). The van der Waals surface area contributed by atoms with Gasteiger partial charge in [-0.1, -0.05) is 0 Å². The van der Waals surface area contributed by atoms with Gasteiger partial charge in [0.25, 0.3) is 0 Å². The van der Waals surface area contributed by atoms with E-state index in [1.165, 1.54) is 26.2 Å². The second-order valence-corrected chi connectivity index (χ2v) is 9.13. The van der Waals surface area contributed by atoms with Crippen molar-refractivity contribution in [2.45, 2.75) is 31.1 Å². The van der Waals surface area contributed by atoms with Gasteiger partial charge >= 0.3 is 10.4 Å². The Morgan fingerprint density at radius 3 is 2.32 bits per heavy atom. The molecule has 1 aromatic carbocycles. The van der Waals surface area contributed by atoms with E-state index in [1.54, 1.807) is 6.92 Å². The van der Waals surface area contributed by atoms with Crippen molar-refractivity contribution in [3.63, 3.8) is 0 Å². The molecule has 0 bridgehead atoms. The normalized spacial score (nSPS) is 13.2. The Morgan fingerprint density at radius 2 is 1.79 bits per heavy atom. The number of hydrogen-bond donors (Lipinski definition) is 2. The number of nitrogens with one attached hydrogen (secondary N) is 1. The summed E-state index contributed by atoms with van der Waals surface area (Å²) in [5.74, 6) is 0.597. The largest absolute Gasteiger partial charge is 0.495 e. The molecule has 2 rings (SSSR count). The van der Waals surface area contributed by atoms with E-state index in [0.29, 0.717) is 11.5 Å². The van der Waals surface area contributed by atoms with Gasteiger partial charge < -0.3 is 10.1 Å². The number of anilines is 2. The quantitative estimate of drug-likeness (QED) is 0.590. The first-order valence-electron chi connectivity index (χ1n) is 7.57. The highest BCUT2D eigenvalue weighted by atomic mass is 35.5.